The SMILES string of the molecule is CCc1nn(C)cc1C(=O)NC1CCN(c2ccc(Cl)cc2Cl)C1. The summed E-state index contributed by atoms with van der Waals surface area (Å²) in [4.78, 5) is 14.7. The maximum absolute atomic E-state index is 12.5. The highest BCUT2D eigenvalue weighted by molar-refractivity contribution is 6.36. The molecule has 1 saturated heterocycles. The van der Waals surface area contributed by atoms with Crippen molar-refractivity contribution in [3.05, 3.63) is 45.7 Å². The fraction of sp³-hybridized carbons (Fsp3) is 0.412. The minimum Gasteiger partial charge on any atom is -0.368 e. The van der Waals surface area contributed by atoms with Crippen LogP contribution in [0.4, 0.5) is 5.69 Å². The van der Waals surface area contributed by atoms with Gasteiger partial charge >= 0.3 is 0 Å². The van der Waals surface area contributed by atoms with Crippen LogP contribution in [0.1, 0.15) is 29.4 Å². The lowest BCUT2D eigenvalue weighted by molar-refractivity contribution is 0.0939. The third-order valence-corrected chi connectivity index (χ3v) is 4.80. The number of benzene rings is 1. The molecule has 7 heteroatoms. The van der Waals surface area contributed by atoms with E-state index in [0.717, 1.165) is 37.3 Å². The van der Waals surface area contributed by atoms with Gasteiger partial charge in [-0.25, -0.2) is 0 Å². The first-order valence-corrected chi connectivity index (χ1v) is 8.77. The highest BCUT2D eigenvalue weighted by atomic mass is 35.5. The van der Waals surface area contributed by atoms with Crippen molar-refractivity contribution in [2.75, 3.05) is 18.0 Å². The summed E-state index contributed by atoms with van der Waals surface area (Å²) in [7, 11) is 1.83. The van der Waals surface area contributed by atoms with Gasteiger partial charge in [-0.2, -0.15) is 5.10 Å². The monoisotopic (exact) mass is 366 g/mol. The lowest BCUT2D eigenvalue weighted by Gasteiger charge is -2.20. The Hall–Kier alpha value is -1.72. The van der Waals surface area contributed by atoms with Crippen molar-refractivity contribution < 1.29 is 4.79 Å². The van der Waals surface area contributed by atoms with Crippen molar-refractivity contribution in [2.24, 2.45) is 7.05 Å². The number of nitrogens with one attached hydrogen (secondary N) is 1. The molecule has 0 spiro atoms. The molecule has 128 valence electrons. The summed E-state index contributed by atoms with van der Waals surface area (Å²) in [6, 6.07) is 5.59. The zero-order chi connectivity index (χ0) is 17.3. The van der Waals surface area contributed by atoms with E-state index >= 15 is 0 Å². The van der Waals surface area contributed by atoms with Crippen LogP contribution in [0.2, 0.25) is 10.0 Å². The highest BCUT2D eigenvalue weighted by Gasteiger charge is 2.26. The van der Waals surface area contributed by atoms with Crippen LogP contribution in [0.15, 0.2) is 24.4 Å². The Morgan fingerprint density at radius 1 is 1.42 bits per heavy atom. The Balaban J connectivity index is 1.66. The molecule has 0 saturated carbocycles. The summed E-state index contributed by atoms with van der Waals surface area (Å²) < 4.78 is 1.68. The van der Waals surface area contributed by atoms with Crippen molar-refractivity contribution in [3.8, 4) is 0 Å². The van der Waals surface area contributed by atoms with Gasteiger partial charge in [-0.05, 0) is 31.0 Å². The summed E-state index contributed by atoms with van der Waals surface area (Å²) in [5, 5.41) is 8.69. The predicted octanol–water partition coefficient (Wildman–Crippen LogP) is 3.30. The summed E-state index contributed by atoms with van der Waals surface area (Å²) >= 11 is 12.2. The quantitative estimate of drug-likeness (QED) is 0.902. The molecular weight excluding hydrogens is 347 g/mol. The first-order chi connectivity index (χ1) is 11.5. The first kappa shape index (κ1) is 17.1. The molecule has 1 amide bonds. The standard InChI is InChI=1S/C17H20Cl2N4O/c1-3-15-13(10-22(2)21-15)17(24)20-12-6-7-23(9-12)16-5-4-11(18)8-14(16)19/h4-5,8,10,12H,3,6-7,9H2,1-2H3,(H,20,24). The molecule has 2 heterocycles. The van der Waals surface area contributed by atoms with Gasteiger partial charge in [-0.1, -0.05) is 30.1 Å². The van der Waals surface area contributed by atoms with Gasteiger partial charge in [0.25, 0.3) is 5.91 Å². The number of carbonyl (C=O) groups excluding carboxylic acids is 1. The Kier molecular flexibility index (Phi) is 5.01. The van der Waals surface area contributed by atoms with Gasteiger partial charge < -0.3 is 10.2 Å². The summed E-state index contributed by atoms with van der Waals surface area (Å²) in [6.45, 7) is 3.58. The molecule has 1 fully saturated rings. The molecule has 24 heavy (non-hydrogen) atoms. The maximum atomic E-state index is 12.5. The van der Waals surface area contributed by atoms with Crippen molar-refractivity contribution in [1.82, 2.24) is 15.1 Å². The Labute approximate surface area is 151 Å². The van der Waals surface area contributed by atoms with E-state index in [0.29, 0.717) is 15.6 Å². The van der Waals surface area contributed by atoms with E-state index in [1.165, 1.54) is 0 Å². The zero-order valence-electron chi connectivity index (χ0n) is 13.7. The largest absolute Gasteiger partial charge is 0.368 e. The van der Waals surface area contributed by atoms with Crippen molar-refractivity contribution >= 4 is 34.8 Å². The van der Waals surface area contributed by atoms with Crippen LogP contribution in [0, 0.1) is 0 Å². The van der Waals surface area contributed by atoms with Crippen LogP contribution in [0.25, 0.3) is 0 Å². The van der Waals surface area contributed by atoms with Crippen LogP contribution in [0.3, 0.4) is 0 Å². The summed E-state index contributed by atoms with van der Waals surface area (Å²) in [6.07, 6.45) is 3.39. The van der Waals surface area contributed by atoms with Gasteiger partial charge in [0.1, 0.15) is 0 Å². The van der Waals surface area contributed by atoms with E-state index in [2.05, 4.69) is 15.3 Å². The van der Waals surface area contributed by atoms with Gasteiger partial charge in [0, 0.05) is 37.4 Å². The molecule has 1 unspecified atom stereocenters. The van der Waals surface area contributed by atoms with Crippen molar-refractivity contribution in [1.29, 1.82) is 0 Å². The van der Waals surface area contributed by atoms with Gasteiger partial charge in [-0.15, -0.1) is 0 Å². The summed E-state index contributed by atoms with van der Waals surface area (Å²) in [5.41, 5.74) is 2.43. The average Bonchev–Trinajstić information content (AvgIpc) is 3.13. The molecular formula is C17H20Cl2N4O. The van der Waals surface area contributed by atoms with Gasteiger partial charge in [-0.3, -0.25) is 9.48 Å². The molecule has 1 atom stereocenters. The van der Waals surface area contributed by atoms with E-state index in [1.54, 1.807) is 16.9 Å². The van der Waals surface area contributed by atoms with E-state index in [9.17, 15) is 4.79 Å². The smallest absolute Gasteiger partial charge is 0.255 e. The number of rotatable bonds is 4. The molecule has 2 aromatic rings. The lowest BCUT2D eigenvalue weighted by Crippen LogP contribution is -2.37. The predicted molar refractivity (Wildman–Crippen MR) is 97.1 cm³/mol. The van der Waals surface area contributed by atoms with Crippen LogP contribution in [0.5, 0.6) is 0 Å². The van der Waals surface area contributed by atoms with E-state index in [-0.39, 0.29) is 11.9 Å². The molecule has 1 aromatic carbocycles. The number of amides is 1. The van der Waals surface area contributed by atoms with E-state index in [1.807, 2.05) is 26.1 Å². The number of halogens is 2. The Morgan fingerprint density at radius 2 is 2.21 bits per heavy atom. The second-order valence-electron chi connectivity index (χ2n) is 6.02. The highest BCUT2D eigenvalue weighted by Crippen LogP contribution is 2.31. The first-order valence-electron chi connectivity index (χ1n) is 8.01. The topological polar surface area (TPSA) is 50.2 Å². The molecule has 5 nitrogen and oxygen atoms in total. The second kappa shape index (κ2) is 7.03. The Morgan fingerprint density at radius 3 is 2.92 bits per heavy atom. The fourth-order valence-electron chi connectivity index (χ4n) is 3.08. The van der Waals surface area contributed by atoms with Gasteiger partial charge in [0.15, 0.2) is 0 Å². The van der Waals surface area contributed by atoms with Gasteiger partial charge in [0.05, 0.1) is 22.0 Å². The number of nitrogens with zero attached hydrogens (tertiary/aromatic N) is 3. The third-order valence-electron chi connectivity index (χ3n) is 4.26. The molecule has 0 bridgehead atoms. The summed E-state index contributed by atoms with van der Waals surface area (Å²) in [5.74, 6) is -0.0611. The molecule has 1 aliphatic heterocycles. The number of hydrogen-bond acceptors (Lipinski definition) is 3. The lowest BCUT2D eigenvalue weighted by atomic mass is 10.2. The van der Waals surface area contributed by atoms with Crippen LogP contribution in [-0.4, -0.2) is 34.8 Å². The number of hydrogen-bond donors (Lipinski definition) is 1. The molecule has 1 aliphatic rings. The minimum atomic E-state index is -0.0611. The van der Waals surface area contributed by atoms with Gasteiger partial charge in [0.2, 0.25) is 0 Å². The van der Waals surface area contributed by atoms with Crippen LogP contribution < -0.4 is 10.2 Å². The molecule has 3 rings (SSSR count). The van der Waals surface area contributed by atoms with Crippen LogP contribution in [-0.2, 0) is 13.5 Å². The Bertz CT molecular complexity index is 759. The normalized spacial score (nSPS) is 17.3. The van der Waals surface area contributed by atoms with Crippen molar-refractivity contribution in [2.45, 2.75) is 25.8 Å². The fourth-order valence-corrected chi connectivity index (χ4v) is 3.61. The average molecular weight is 367 g/mol. The minimum absolute atomic E-state index is 0.0611. The molecule has 1 N–H and O–H groups in total. The molecule has 1 aromatic heterocycles. The van der Waals surface area contributed by atoms with E-state index < -0.39 is 0 Å². The number of anilines is 1. The maximum Gasteiger partial charge on any atom is 0.255 e. The second-order valence-corrected chi connectivity index (χ2v) is 6.86. The molecule has 0 aliphatic carbocycles. The number of aryl methyl sites for hydroxylation is 2. The third kappa shape index (κ3) is 3.52. The van der Waals surface area contributed by atoms with Crippen LogP contribution >= 0.6 is 23.2 Å². The number of aromatic nitrogens is 2. The van der Waals surface area contributed by atoms with E-state index in [4.69, 9.17) is 23.2 Å². The van der Waals surface area contributed by atoms with Crippen molar-refractivity contribution in [3.63, 3.8) is 0 Å². The molecule has 0 radical (unpaired) electrons. The zero-order valence-corrected chi connectivity index (χ0v) is 15.2. The number of carbonyl (C=O) groups is 1.